The molecule has 0 amide bonds. The minimum atomic E-state index is -0.538. The number of Topliss-reactive ketones (excluding diaryl/α,β-unsaturated/α-hetero) is 1. The molecule has 0 saturated carbocycles. The van der Waals surface area contributed by atoms with Gasteiger partial charge < -0.3 is 4.74 Å². The third-order valence-electron chi connectivity index (χ3n) is 2.99. The van der Waals surface area contributed by atoms with Crippen LogP contribution in [0, 0.1) is 12.7 Å². The van der Waals surface area contributed by atoms with Crippen LogP contribution < -0.4 is 4.74 Å². The minimum absolute atomic E-state index is 0.0688. The monoisotopic (exact) mass is 352 g/mol. The van der Waals surface area contributed by atoms with Gasteiger partial charge in [0.1, 0.15) is 11.6 Å². The number of benzene rings is 2. The minimum Gasteiger partial charge on any atom is -0.424 e. The molecule has 0 aromatic heterocycles. The van der Waals surface area contributed by atoms with Crippen molar-refractivity contribution >= 4 is 35.1 Å². The highest BCUT2D eigenvalue weighted by Gasteiger charge is 2.12. The highest BCUT2D eigenvalue weighted by atomic mass is 35.5. The molecule has 0 unspecified atom stereocenters. The molecule has 0 saturated heterocycles. The normalized spacial score (nSPS) is 10.4. The first-order valence-corrected chi connectivity index (χ1v) is 8.13. The van der Waals surface area contributed by atoms with Crippen molar-refractivity contribution in [2.75, 3.05) is 5.75 Å². The fraction of sp³-hybridized carbons (Fsp3) is 0.176. The number of thioether (sulfide) groups is 1. The molecule has 0 radical (unpaired) electrons. The van der Waals surface area contributed by atoms with Gasteiger partial charge in [0, 0.05) is 10.5 Å². The van der Waals surface area contributed by atoms with Crippen LogP contribution in [0.15, 0.2) is 41.3 Å². The predicted molar refractivity (Wildman–Crippen MR) is 89.0 cm³/mol. The van der Waals surface area contributed by atoms with Crippen molar-refractivity contribution in [2.45, 2.75) is 18.7 Å². The van der Waals surface area contributed by atoms with Gasteiger partial charge in [0.15, 0.2) is 5.78 Å². The molecular weight excluding hydrogens is 339 g/mol. The van der Waals surface area contributed by atoms with Crippen LogP contribution in [-0.4, -0.2) is 17.5 Å². The number of ether oxygens (including phenoxy) is 1. The van der Waals surface area contributed by atoms with Crippen LogP contribution in [0.2, 0.25) is 5.02 Å². The summed E-state index contributed by atoms with van der Waals surface area (Å²) in [5, 5.41) is 0.339. The Labute approximate surface area is 142 Å². The lowest BCUT2D eigenvalue weighted by molar-refractivity contribution is -0.131. The van der Waals surface area contributed by atoms with E-state index in [0.717, 1.165) is 23.4 Å². The lowest BCUT2D eigenvalue weighted by Gasteiger charge is -2.08. The Balaban J connectivity index is 1.99. The fourth-order valence-electron chi connectivity index (χ4n) is 1.81. The van der Waals surface area contributed by atoms with E-state index in [1.54, 1.807) is 18.2 Å². The number of hydrogen-bond acceptors (Lipinski definition) is 4. The van der Waals surface area contributed by atoms with E-state index in [1.807, 2.05) is 6.92 Å². The van der Waals surface area contributed by atoms with E-state index in [4.69, 9.17) is 16.3 Å². The van der Waals surface area contributed by atoms with Crippen LogP contribution in [0.25, 0.3) is 0 Å². The summed E-state index contributed by atoms with van der Waals surface area (Å²) in [5.41, 5.74) is 1.21. The van der Waals surface area contributed by atoms with E-state index >= 15 is 0 Å². The van der Waals surface area contributed by atoms with E-state index < -0.39 is 11.8 Å². The largest absolute Gasteiger partial charge is 0.424 e. The first-order valence-electron chi connectivity index (χ1n) is 6.77. The molecule has 0 bridgehead atoms. The Bertz CT molecular complexity index is 761. The van der Waals surface area contributed by atoms with E-state index in [-0.39, 0.29) is 22.2 Å². The molecule has 6 heteroatoms. The van der Waals surface area contributed by atoms with Crippen LogP contribution in [0.1, 0.15) is 22.8 Å². The zero-order valence-electron chi connectivity index (χ0n) is 12.6. The molecule has 3 nitrogen and oxygen atoms in total. The second kappa shape index (κ2) is 7.62. The molecule has 23 heavy (non-hydrogen) atoms. The number of aryl methyl sites for hydroxylation is 1. The Morgan fingerprint density at radius 3 is 2.61 bits per heavy atom. The van der Waals surface area contributed by atoms with E-state index in [1.165, 1.54) is 19.1 Å². The maximum atomic E-state index is 13.9. The molecule has 0 fully saturated rings. The molecule has 0 atom stereocenters. The molecule has 0 aliphatic heterocycles. The van der Waals surface area contributed by atoms with Crippen LogP contribution in [0.3, 0.4) is 0 Å². The molecular formula is C17H14ClFO3S. The molecule has 0 heterocycles. The van der Waals surface area contributed by atoms with Gasteiger partial charge in [0.25, 0.3) is 0 Å². The van der Waals surface area contributed by atoms with Gasteiger partial charge >= 0.3 is 5.97 Å². The van der Waals surface area contributed by atoms with E-state index in [0.29, 0.717) is 10.6 Å². The quantitative estimate of drug-likeness (QED) is 0.339. The number of hydrogen-bond donors (Lipinski definition) is 0. The van der Waals surface area contributed by atoms with E-state index in [2.05, 4.69) is 0 Å². The van der Waals surface area contributed by atoms with Crippen molar-refractivity contribution in [1.82, 2.24) is 0 Å². The van der Waals surface area contributed by atoms with Crippen molar-refractivity contribution < 1.29 is 18.7 Å². The van der Waals surface area contributed by atoms with Gasteiger partial charge in [-0.15, -0.1) is 11.8 Å². The summed E-state index contributed by atoms with van der Waals surface area (Å²) in [6.07, 6.45) is 0. The van der Waals surface area contributed by atoms with Gasteiger partial charge in [-0.1, -0.05) is 23.7 Å². The van der Waals surface area contributed by atoms with Gasteiger partial charge in [0.05, 0.1) is 10.8 Å². The maximum absolute atomic E-state index is 13.9. The summed E-state index contributed by atoms with van der Waals surface area (Å²) in [6, 6.07) is 9.27. The van der Waals surface area contributed by atoms with Crippen molar-refractivity contribution in [2.24, 2.45) is 0 Å². The van der Waals surface area contributed by atoms with Gasteiger partial charge in [0.2, 0.25) is 0 Å². The van der Waals surface area contributed by atoms with Crippen molar-refractivity contribution in [3.63, 3.8) is 0 Å². The summed E-state index contributed by atoms with van der Waals surface area (Å²) in [6.45, 7) is 3.22. The summed E-state index contributed by atoms with van der Waals surface area (Å²) in [5.74, 6) is -1.07. The third-order valence-corrected chi connectivity index (χ3v) is 4.33. The Kier molecular flexibility index (Phi) is 5.80. The number of halogens is 2. The molecule has 0 aliphatic rings. The van der Waals surface area contributed by atoms with Crippen molar-refractivity contribution in [3.05, 3.63) is 58.4 Å². The number of ketones is 1. The molecule has 2 aromatic rings. The molecule has 0 aliphatic carbocycles. The number of carbonyl (C=O) groups is 2. The number of rotatable bonds is 5. The van der Waals surface area contributed by atoms with Crippen LogP contribution in [0.5, 0.6) is 5.75 Å². The van der Waals surface area contributed by atoms with Crippen molar-refractivity contribution in [1.29, 1.82) is 0 Å². The first-order chi connectivity index (χ1) is 10.9. The van der Waals surface area contributed by atoms with Crippen LogP contribution >= 0.6 is 23.4 Å². The smallest absolute Gasteiger partial charge is 0.321 e. The summed E-state index contributed by atoms with van der Waals surface area (Å²) >= 11 is 6.95. The Morgan fingerprint density at radius 1 is 1.22 bits per heavy atom. The second-order valence-corrected chi connectivity index (χ2v) is 6.32. The van der Waals surface area contributed by atoms with Gasteiger partial charge in [-0.25, -0.2) is 4.39 Å². The fourth-order valence-corrected chi connectivity index (χ4v) is 2.66. The predicted octanol–water partition coefficient (Wildman–Crippen LogP) is 4.69. The van der Waals surface area contributed by atoms with Gasteiger partial charge in [-0.05, 0) is 43.7 Å². The summed E-state index contributed by atoms with van der Waals surface area (Å²) in [7, 11) is 0. The topological polar surface area (TPSA) is 43.4 Å². The summed E-state index contributed by atoms with van der Waals surface area (Å²) < 4.78 is 19.0. The standard InChI is InChI=1S/C17H14ClFO3S/c1-10-3-5-13(18)15(7-10)22-17(21)9-23-16-6-4-12(11(2)20)8-14(16)19/h3-8H,9H2,1-2H3. The van der Waals surface area contributed by atoms with Gasteiger partial charge in [-0.2, -0.15) is 0 Å². The highest BCUT2D eigenvalue weighted by Crippen LogP contribution is 2.27. The van der Waals surface area contributed by atoms with E-state index in [9.17, 15) is 14.0 Å². The average Bonchev–Trinajstić information content (AvgIpc) is 2.49. The highest BCUT2D eigenvalue weighted by molar-refractivity contribution is 8.00. The SMILES string of the molecule is CC(=O)c1ccc(SCC(=O)Oc2cc(C)ccc2Cl)c(F)c1. The second-order valence-electron chi connectivity index (χ2n) is 4.90. The molecule has 0 N–H and O–H groups in total. The lowest BCUT2D eigenvalue weighted by Crippen LogP contribution is -2.11. The van der Waals surface area contributed by atoms with Crippen LogP contribution in [0.4, 0.5) is 4.39 Å². The maximum Gasteiger partial charge on any atom is 0.321 e. The Hall–Kier alpha value is -1.85. The van der Waals surface area contributed by atoms with Crippen LogP contribution in [-0.2, 0) is 4.79 Å². The first kappa shape index (κ1) is 17.5. The van der Waals surface area contributed by atoms with Crippen molar-refractivity contribution in [3.8, 4) is 5.75 Å². The number of carbonyl (C=O) groups excluding carboxylic acids is 2. The Morgan fingerprint density at radius 2 is 1.96 bits per heavy atom. The van der Waals surface area contributed by atoms with Gasteiger partial charge in [-0.3, -0.25) is 9.59 Å². The molecule has 0 spiro atoms. The zero-order valence-corrected chi connectivity index (χ0v) is 14.1. The number of esters is 1. The molecule has 2 aromatic carbocycles. The third kappa shape index (κ3) is 4.81. The lowest BCUT2D eigenvalue weighted by atomic mass is 10.1. The average molecular weight is 353 g/mol. The molecule has 2 rings (SSSR count). The molecule has 120 valence electrons. The zero-order chi connectivity index (χ0) is 17.0. The summed E-state index contributed by atoms with van der Waals surface area (Å²) in [4.78, 5) is 23.3.